The average molecular weight is 387 g/mol. The van der Waals surface area contributed by atoms with Crippen LogP contribution >= 0.6 is 0 Å². The van der Waals surface area contributed by atoms with Crippen LogP contribution in [0.1, 0.15) is 5.56 Å². The molecule has 0 amide bonds. The maximum absolute atomic E-state index is 13.0. The Labute approximate surface area is 167 Å². The van der Waals surface area contributed by atoms with Crippen molar-refractivity contribution in [3.63, 3.8) is 0 Å². The Morgan fingerprint density at radius 2 is 1.55 bits per heavy atom. The third-order valence-corrected chi connectivity index (χ3v) is 4.03. The zero-order valence-corrected chi connectivity index (χ0v) is 15.4. The number of halogens is 1. The van der Waals surface area contributed by atoms with Gasteiger partial charge in [-0.25, -0.2) is 4.39 Å². The van der Waals surface area contributed by atoms with Gasteiger partial charge in [0.1, 0.15) is 17.3 Å². The molecule has 0 aliphatic rings. The van der Waals surface area contributed by atoms with Crippen LogP contribution in [0.5, 0.6) is 11.5 Å². The summed E-state index contributed by atoms with van der Waals surface area (Å²) in [5, 5.41) is 14.2. The number of aromatic nitrogens is 3. The lowest BCUT2D eigenvalue weighted by Crippen LogP contribution is -2.06. The van der Waals surface area contributed by atoms with E-state index >= 15 is 0 Å². The molecule has 4 rings (SSSR count). The van der Waals surface area contributed by atoms with Gasteiger partial charge in [0, 0.05) is 12.2 Å². The number of ether oxygens (including phenoxy) is 1. The summed E-state index contributed by atoms with van der Waals surface area (Å²) in [6.07, 6.45) is 1.54. The minimum Gasteiger partial charge on any atom is -0.457 e. The Morgan fingerprint density at radius 3 is 2.31 bits per heavy atom. The van der Waals surface area contributed by atoms with Crippen molar-refractivity contribution in [2.45, 2.75) is 6.54 Å². The summed E-state index contributed by atoms with van der Waals surface area (Å²) in [5.74, 6) is 2.19. The summed E-state index contributed by atoms with van der Waals surface area (Å²) in [5.41, 5.74) is 1.76. The number of nitrogens with one attached hydrogen (secondary N) is 2. The summed E-state index contributed by atoms with van der Waals surface area (Å²) >= 11 is 0. The number of anilines is 3. The molecule has 0 atom stereocenters. The van der Waals surface area contributed by atoms with Crippen molar-refractivity contribution in [2.24, 2.45) is 0 Å². The SMILES string of the molecule is Fc1ccc(CNc2nncc(Nc3ccc(Oc4ccccc4)cc3)n2)cc1. The molecule has 3 aromatic carbocycles. The molecule has 1 heterocycles. The van der Waals surface area contributed by atoms with Gasteiger partial charge in [-0.15, -0.1) is 5.10 Å². The second-order valence-corrected chi connectivity index (χ2v) is 6.21. The smallest absolute Gasteiger partial charge is 0.244 e. The van der Waals surface area contributed by atoms with Crippen LogP contribution in [0.15, 0.2) is 85.1 Å². The Morgan fingerprint density at radius 1 is 0.828 bits per heavy atom. The van der Waals surface area contributed by atoms with Gasteiger partial charge in [0.15, 0.2) is 5.82 Å². The predicted octanol–water partition coefficient (Wildman–Crippen LogP) is 5.16. The highest BCUT2D eigenvalue weighted by Crippen LogP contribution is 2.23. The summed E-state index contributed by atoms with van der Waals surface area (Å²) in [6.45, 7) is 0.469. The third kappa shape index (κ3) is 5.26. The van der Waals surface area contributed by atoms with Crippen LogP contribution in [0.2, 0.25) is 0 Å². The second kappa shape index (κ2) is 8.79. The summed E-state index contributed by atoms with van der Waals surface area (Å²) in [6, 6.07) is 23.4. The van der Waals surface area contributed by atoms with E-state index in [-0.39, 0.29) is 5.82 Å². The van der Waals surface area contributed by atoms with Crippen molar-refractivity contribution in [3.8, 4) is 11.5 Å². The van der Waals surface area contributed by atoms with Gasteiger partial charge in [-0.3, -0.25) is 0 Å². The van der Waals surface area contributed by atoms with Crippen LogP contribution in [0.25, 0.3) is 0 Å². The molecule has 0 bridgehead atoms. The van der Waals surface area contributed by atoms with E-state index in [9.17, 15) is 4.39 Å². The molecule has 144 valence electrons. The quantitative estimate of drug-likeness (QED) is 0.456. The second-order valence-electron chi connectivity index (χ2n) is 6.21. The first-order valence-corrected chi connectivity index (χ1v) is 9.03. The molecule has 0 aliphatic carbocycles. The lowest BCUT2D eigenvalue weighted by Gasteiger charge is -2.09. The van der Waals surface area contributed by atoms with E-state index in [1.807, 2.05) is 54.6 Å². The first-order valence-electron chi connectivity index (χ1n) is 9.03. The highest BCUT2D eigenvalue weighted by atomic mass is 19.1. The average Bonchev–Trinajstić information content (AvgIpc) is 2.76. The molecule has 7 heteroatoms. The summed E-state index contributed by atoms with van der Waals surface area (Å²) in [7, 11) is 0. The Kier molecular flexibility index (Phi) is 5.57. The van der Waals surface area contributed by atoms with Gasteiger partial charge >= 0.3 is 0 Å². The Balaban J connectivity index is 1.36. The fourth-order valence-electron chi connectivity index (χ4n) is 2.60. The van der Waals surface area contributed by atoms with E-state index in [1.165, 1.54) is 18.3 Å². The Bertz CT molecular complexity index is 1060. The van der Waals surface area contributed by atoms with Gasteiger partial charge in [-0.2, -0.15) is 10.1 Å². The van der Waals surface area contributed by atoms with Crippen molar-refractivity contribution >= 4 is 17.5 Å². The standard InChI is InChI=1S/C22H18FN5O/c23-17-8-6-16(7-9-17)14-24-22-27-21(15-25-28-22)26-18-10-12-20(13-11-18)29-19-4-2-1-3-5-19/h1-13,15H,14H2,(H2,24,26,27,28). The van der Waals surface area contributed by atoms with Gasteiger partial charge in [-0.1, -0.05) is 30.3 Å². The van der Waals surface area contributed by atoms with Crippen molar-refractivity contribution < 1.29 is 9.13 Å². The van der Waals surface area contributed by atoms with E-state index < -0.39 is 0 Å². The molecule has 0 aliphatic heterocycles. The van der Waals surface area contributed by atoms with Gasteiger partial charge in [-0.05, 0) is 54.1 Å². The molecular formula is C22H18FN5O. The van der Waals surface area contributed by atoms with Crippen LogP contribution in [0.3, 0.4) is 0 Å². The maximum Gasteiger partial charge on any atom is 0.244 e. The number of para-hydroxylation sites is 1. The third-order valence-electron chi connectivity index (χ3n) is 4.03. The fourth-order valence-corrected chi connectivity index (χ4v) is 2.60. The lowest BCUT2D eigenvalue weighted by atomic mass is 10.2. The zero-order valence-electron chi connectivity index (χ0n) is 15.4. The largest absolute Gasteiger partial charge is 0.457 e. The number of rotatable bonds is 7. The molecule has 1 aromatic heterocycles. The van der Waals surface area contributed by atoms with E-state index in [4.69, 9.17) is 4.74 Å². The fraction of sp³-hybridized carbons (Fsp3) is 0.0455. The molecular weight excluding hydrogens is 369 g/mol. The van der Waals surface area contributed by atoms with Gasteiger partial charge in [0.05, 0.1) is 6.20 Å². The van der Waals surface area contributed by atoms with E-state index in [2.05, 4.69) is 25.8 Å². The molecule has 0 unspecified atom stereocenters. The molecule has 0 spiro atoms. The topological polar surface area (TPSA) is 72.0 Å². The van der Waals surface area contributed by atoms with Crippen molar-refractivity contribution in [3.05, 3.63) is 96.4 Å². The minimum atomic E-state index is -0.266. The van der Waals surface area contributed by atoms with Crippen molar-refractivity contribution in [2.75, 3.05) is 10.6 Å². The van der Waals surface area contributed by atoms with Gasteiger partial charge < -0.3 is 15.4 Å². The van der Waals surface area contributed by atoms with Crippen LogP contribution in [-0.2, 0) is 6.54 Å². The van der Waals surface area contributed by atoms with Crippen LogP contribution < -0.4 is 15.4 Å². The first kappa shape index (κ1) is 18.4. The monoisotopic (exact) mass is 387 g/mol. The zero-order chi connectivity index (χ0) is 19.9. The minimum absolute atomic E-state index is 0.266. The first-order chi connectivity index (χ1) is 14.2. The van der Waals surface area contributed by atoms with Crippen LogP contribution in [-0.4, -0.2) is 15.2 Å². The summed E-state index contributed by atoms with van der Waals surface area (Å²) in [4.78, 5) is 4.39. The molecule has 0 saturated heterocycles. The molecule has 29 heavy (non-hydrogen) atoms. The molecule has 0 fully saturated rings. The van der Waals surface area contributed by atoms with Crippen molar-refractivity contribution in [1.29, 1.82) is 0 Å². The lowest BCUT2D eigenvalue weighted by molar-refractivity contribution is 0.483. The summed E-state index contributed by atoms with van der Waals surface area (Å²) < 4.78 is 18.8. The molecule has 0 radical (unpaired) electrons. The number of hydrogen-bond acceptors (Lipinski definition) is 6. The highest BCUT2D eigenvalue weighted by Gasteiger charge is 2.03. The number of nitrogens with zero attached hydrogens (tertiary/aromatic N) is 3. The van der Waals surface area contributed by atoms with E-state index in [0.29, 0.717) is 18.3 Å². The number of hydrogen-bond donors (Lipinski definition) is 2. The van der Waals surface area contributed by atoms with Crippen molar-refractivity contribution in [1.82, 2.24) is 15.2 Å². The van der Waals surface area contributed by atoms with Crippen LogP contribution in [0.4, 0.5) is 21.8 Å². The highest BCUT2D eigenvalue weighted by molar-refractivity contribution is 5.57. The Hall–Kier alpha value is -4.00. The van der Waals surface area contributed by atoms with Gasteiger partial charge in [0.25, 0.3) is 0 Å². The van der Waals surface area contributed by atoms with E-state index in [0.717, 1.165) is 22.7 Å². The molecule has 4 aromatic rings. The number of benzene rings is 3. The normalized spacial score (nSPS) is 10.4. The predicted molar refractivity (Wildman–Crippen MR) is 110 cm³/mol. The van der Waals surface area contributed by atoms with Gasteiger partial charge in [0.2, 0.25) is 5.95 Å². The molecule has 2 N–H and O–H groups in total. The van der Waals surface area contributed by atoms with E-state index in [1.54, 1.807) is 12.1 Å². The molecule has 0 saturated carbocycles. The molecule has 6 nitrogen and oxygen atoms in total. The van der Waals surface area contributed by atoms with Crippen LogP contribution in [0, 0.1) is 5.82 Å². The maximum atomic E-state index is 13.0.